The molecule has 1 fully saturated rings. The van der Waals surface area contributed by atoms with Crippen molar-refractivity contribution in [1.82, 2.24) is 15.2 Å². The van der Waals surface area contributed by atoms with E-state index in [2.05, 4.69) is 28.7 Å². The van der Waals surface area contributed by atoms with Gasteiger partial charge in [0.2, 0.25) is 0 Å². The summed E-state index contributed by atoms with van der Waals surface area (Å²) >= 11 is 1.69. The summed E-state index contributed by atoms with van der Waals surface area (Å²) < 4.78 is 5.44. The molecule has 1 aliphatic heterocycles. The Hall–Kier alpha value is -0.850. The van der Waals surface area contributed by atoms with E-state index in [1.807, 2.05) is 18.2 Å². The van der Waals surface area contributed by atoms with Gasteiger partial charge in [-0.15, -0.1) is 36.2 Å². The van der Waals surface area contributed by atoms with Gasteiger partial charge < -0.3 is 10.1 Å². The molecule has 0 amide bonds. The number of nitrogens with one attached hydrogen (secondary N) is 1. The monoisotopic (exact) mass is 389 g/mol. The van der Waals surface area contributed by atoms with Crippen molar-refractivity contribution in [3.05, 3.63) is 35.3 Å². The van der Waals surface area contributed by atoms with Crippen LogP contribution in [0.1, 0.15) is 18.5 Å². The first-order chi connectivity index (χ1) is 10.8. The summed E-state index contributed by atoms with van der Waals surface area (Å²) in [6.45, 7) is 3.21. The van der Waals surface area contributed by atoms with E-state index in [1.165, 1.54) is 19.4 Å². The standard InChI is InChI=1S/C17H23N3OS.2ClH/c1-18-13-6-5-9-20(10-13)11-14-12-22-17(19-14)15-7-3-4-8-16(15)21-2;;/h3-4,7-8,12-13,18H,5-6,9-11H2,1-2H3;2*1H. The number of hydrogen-bond acceptors (Lipinski definition) is 5. The van der Waals surface area contributed by atoms with Crippen molar-refractivity contribution in [3.63, 3.8) is 0 Å². The van der Waals surface area contributed by atoms with Crippen LogP contribution in [0.3, 0.4) is 0 Å². The molecule has 2 aromatic rings. The number of thiazole rings is 1. The molecule has 1 N–H and O–H groups in total. The van der Waals surface area contributed by atoms with Crippen LogP contribution in [0.25, 0.3) is 10.6 Å². The van der Waals surface area contributed by atoms with Gasteiger partial charge in [0, 0.05) is 24.5 Å². The van der Waals surface area contributed by atoms with Gasteiger partial charge in [-0.1, -0.05) is 12.1 Å². The van der Waals surface area contributed by atoms with Crippen molar-refractivity contribution < 1.29 is 4.74 Å². The Bertz CT molecular complexity index is 623. The summed E-state index contributed by atoms with van der Waals surface area (Å²) in [5.74, 6) is 0.886. The predicted octanol–water partition coefficient (Wildman–Crippen LogP) is 3.85. The Morgan fingerprint density at radius 2 is 2.12 bits per heavy atom. The summed E-state index contributed by atoms with van der Waals surface area (Å²) in [5, 5.41) is 6.60. The van der Waals surface area contributed by atoms with Crippen LogP contribution in [0, 0.1) is 0 Å². The van der Waals surface area contributed by atoms with E-state index in [9.17, 15) is 0 Å². The number of ether oxygens (including phenoxy) is 1. The molecule has 1 unspecified atom stereocenters. The number of nitrogens with zero attached hydrogens (tertiary/aromatic N) is 2. The number of benzene rings is 1. The van der Waals surface area contributed by atoms with Gasteiger partial charge in [0.1, 0.15) is 10.8 Å². The van der Waals surface area contributed by atoms with Crippen LogP contribution in [0.15, 0.2) is 29.6 Å². The highest BCUT2D eigenvalue weighted by atomic mass is 35.5. The highest BCUT2D eigenvalue weighted by molar-refractivity contribution is 7.13. The summed E-state index contributed by atoms with van der Waals surface area (Å²) in [6.07, 6.45) is 2.53. The lowest BCUT2D eigenvalue weighted by Crippen LogP contribution is -2.43. The van der Waals surface area contributed by atoms with Gasteiger partial charge in [-0.3, -0.25) is 4.90 Å². The van der Waals surface area contributed by atoms with Gasteiger partial charge in [-0.2, -0.15) is 0 Å². The second-order valence-corrected chi connectivity index (χ2v) is 6.57. The Kier molecular flexibility index (Phi) is 9.02. The zero-order valence-corrected chi connectivity index (χ0v) is 16.5. The molecule has 0 radical (unpaired) electrons. The molecular formula is C17H25Cl2N3OS. The van der Waals surface area contributed by atoms with Crippen LogP contribution in [0.2, 0.25) is 0 Å². The number of para-hydroxylation sites is 1. The minimum absolute atomic E-state index is 0. The fourth-order valence-corrected chi connectivity index (χ4v) is 3.83. The second kappa shape index (κ2) is 10.2. The van der Waals surface area contributed by atoms with Gasteiger partial charge in [-0.05, 0) is 38.6 Å². The quantitative estimate of drug-likeness (QED) is 0.842. The molecule has 1 aromatic heterocycles. The van der Waals surface area contributed by atoms with Gasteiger partial charge in [0.15, 0.2) is 0 Å². The van der Waals surface area contributed by atoms with Crippen LogP contribution in [0.4, 0.5) is 0 Å². The third kappa shape index (κ3) is 5.07. The summed E-state index contributed by atoms with van der Waals surface area (Å²) in [4.78, 5) is 7.30. The molecule has 0 aliphatic carbocycles. The molecule has 1 aliphatic rings. The number of aromatic nitrogens is 1. The Balaban J connectivity index is 0.00000144. The molecule has 2 heterocycles. The minimum Gasteiger partial charge on any atom is -0.496 e. The number of hydrogen-bond donors (Lipinski definition) is 1. The third-order valence-electron chi connectivity index (χ3n) is 4.19. The maximum Gasteiger partial charge on any atom is 0.129 e. The smallest absolute Gasteiger partial charge is 0.129 e. The summed E-state index contributed by atoms with van der Waals surface area (Å²) in [5.41, 5.74) is 2.23. The van der Waals surface area contributed by atoms with Crippen molar-refractivity contribution in [1.29, 1.82) is 0 Å². The van der Waals surface area contributed by atoms with Crippen LogP contribution >= 0.6 is 36.2 Å². The number of methoxy groups -OCH3 is 1. The molecule has 1 saturated heterocycles. The van der Waals surface area contributed by atoms with Gasteiger partial charge in [0.25, 0.3) is 0 Å². The number of halogens is 2. The van der Waals surface area contributed by atoms with Gasteiger partial charge >= 0.3 is 0 Å². The number of rotatable bonds is 5. The topological polar surface area (TPSA) is 37.4 Å². The van der Waals surface area contributed by atoms with Crippen molar-refractivity contribution >= 4 is 36.2 Å². The zero-order chi connectivity index (χ0) is 15.4. The lowest BCUT2D eigenvalue weighted by atomic mass is 10.1. The maximum absolute atomic E-state index is 5.44. The number of likely N-dealkylation sites (tertiary alicyclic amines) is 1. The average Bonchev–Trinajstić information content (AvgIpc) is 3.03. The van der Waals surface area contributed by atoms with Crippen molar-refractivity contribution in [3.8, 4) is 16.3 Å². The lowest BCUT2D eigenvalue weighted by Gasteiger charge is -2.31. The third-order valence-corrected chi connectivity index (χ3v) is 5.11. The van der Waals surface area contributed by atoms with E-state index in [-0.39, 0.29) is 24.8 Å². The largest absolute Gasteiger partial charge is 0.496 e. The molecule has 0 saturated carbocycles. The van der Waals surface area contributed by atoms with E-state index in [0.29, 0.717) is 6.04 Å². The Labute approximate surface area is 160 Å². The van der Waals surface area contributed by atoms with Crippen LogP contribution < -0.4 is 10.1 Å². The van der Waals surface area contributed by atoms with Crippen LogP contribution in [-0.2, 0) is 6.54 Å². The fraction of sp³-hybridized carbons (Fsp3) is 0.471. The highest BCUT2D eigenvalue weighted by Gasteiger charge is 2.19. The molecule has 0 spiro atoms. The average molecular weight is 390 g/mol. The Morgan fingerprint density at radius 1 is 1.33 bits per heavy atom. The van der Waals surface area contributed by atoms with E-state index >= 15 is 0 Å². The molecule has 7 heteroatoms. The fourth-order valence-electron chi connectivity index (χ4n) is 2.99. The Morgan fingerprint density at radius 3 is 2.88 bits per heavy atom. The molecule has 24 heavy (non-hydrogen) atoms. The van der Waals surface area contributed by atoms with Crippen LogP contribution in [0.5, 0.6) is 5.75 Å². The normalized spacial score (nSPS) is 17.7. The lowest BCUT2D eigenvalue weighted by molar-refractivity contribution is 0.186. The molecule has 0 bridgehead atoms. The van der Waals surface area contributed by atoms with Gasteiger partial charge in [-0.25, -0.2) is 4.98 Å². The van der Waals surface area contributed by atoms with E-state index in [4.69, 9.17) is 9.72 Å². The first-order valence-corrected chi connectivity index (χ1v) is 8.65. The minimum atomic E-state index is 0. The maximum atomic E-state index is 5.44. The van der Waals surface area contributed by atoms with Gasteiger partial charge in [0.05, 0.1) is 18.4 Å². The first kappa shape index (κ1) is 21.2. The summed E-state index contributed by atoms with van der Waals surface area (Å²) in [6, 6.07) is 8.68. The molecule has 1 aromatic carbocycles. The van der Waals surface area contributed by atoms with E-state index in [0.717, 1.165) is 35.1 Å². The molecular weight excluding hydrogens is 365 g/mol. The number of likely N-dealkylation sites (N-methyl/N-ethyl adjacent to an activating group) is 1. The predicted molar refractivity (Wildman–Crippen MR) is 106 cm³/mol. The first-order valence-electron chi connectivity index (χ1n) is 7.77. The molecule has 4 nitrogen and oxygen atoms in total. The zero-order valence-electron chi connectivity index (χ0n) is 14.0. The van der Waals surface area contributed by atoms with Crippen molar-refractivity contribution in [2.75, 3.05) is 27.2 Å². The molecule has 3 rings (SSSR count). The molecule has 134 valence electrons. The van der Waals surface area contributed by atoms with Crippen molar-refractivity contribution in [2.45, 2.75) is 25.4 Å². The number of piperidine rings is 1. The van der Waals surface area contributed by atoms with Crippen molar-refractivity contribution in [2.24, 2.45) is 0 Å². The van der Waals surface area contributed by atoms with Crippen LogP contribution in [-0.4, -0.2) is 43.2 Å². The molecule has 1 atom stereocenters. The SMILES string of the molecule is CNC1CCCN(Cc2csc(-c3ccccc3OC)n2)C1.Cl.Cl. The summed E-state index contributed by atoms with van der Waals surface area (Å²) in [7, 11) is 3.76. The highest BCUT2D eigenvalue weighted by Crippen LogP contribution is 2.32. The second-order valence-electron chi connectivity index (χ2n) is 5.71. The van der Waals surface area contributed by atoms with E-state index < -0.39 is 0 Å². The van der Waals surface area contributed by atoms with E-state index in [1.54, 1.807) is 18.4 Å².